The maximum Gasteiger partial charge on any atom is 0.335 e. The fourth-order valence-corrected chi connectivity index (χ4v) is 2.38. The van der Waals surface area contributed by atoms with Crippen LogP contribution in [0.3, 0.4) is 0 Å². The van der Waals surface area contributed by atoms with Crippen LogP contribution in [0.25, 0.3) is 0 Å². The van der Waals surface area contributed by atoms with Gasteiger partial charge in [0.2, 0.25) is 0 Å². The Kier molecular flexibility index (Phi) is 4.23. The number of carbonyl (C=O) groups is 1. The summed E-state index contributed by atoms with van der Waals surface area (Å²) in [7, 11) is 0. The molecule has 6 nitrogen and oxygen atoms in total. The molecule has 108 valence electrons. The van der Waals surface area contributed by atoms with Gasteiger partial charge in [-0.15, -0.1) is 0 Å². The van der Waals surface area contributed by atoms with Crippen LogP contribution < -0.4 is 5.32 Å². The van der Waals surface area contributed by atoms with Gasteiger partial charge in [-0.1, -0.05) is 6.07 Å². The van der Waals surface area contributed by atoms with E-state index in [0.717, 1.165) is 16.1 Å². The predicted molar refractivity (Wildman–Crippen MR) is 82.2 cm³/mol. The van der Waals surface area contributed by atoms with Crippen LogP contribution in [0, 0.1) is 17.0 Å². The maximum atomic E-state index is 11.1. The molecule has 0 aliphatic rings. The minimum atomic E-state index is -1.21. The first-order valence-corrected chi connectivity index (χ1v) is 6.72. The molecule has 2 aromatic carbocycles. The van der Waals surface area contributed by atoms with Gasteiger partial charge in [-0.3, -0.25) is 10.1 Å². The number of anilines is 2. The van der Waals surface area contributed by atoms with E-state index in [0.29, 0.717) is 5.69 Å². The van der Waals surface area contributed by atoms with E-state index in [9.17, 15) is 14.9 Å². The van der Waals surface area contributed by atoms with Crippen LogP contribution in [0.1, 0.15) is 15.9 Å². The van der Waals surface area contributed by atoms with Crippen molar-refractivity contribution in [2.45, 2.75) is 6.92 Å². The van der Waals surface area contributed by atoms with Crippen LogP contribution >= 0.6 is 15.9 Å². The molecule has 0 bridgehead atoms. The van der Waals surface area contributed by atoms with Crippen LogP contribution in [-0.2, 0) is 0 Å². The monoisotopic (exact) mass is 350 g/mol. The van der Waals surface area contributed by atoms with Gasteiger partial charge in [0.1, 0.15) is 5.69 Å². The highest BCUT2D eigenvalue weighted by molar-refractivity contribution is 9.10. The molecule has 0 aliphatic carbocycles. The number of aromatic carboxylic acids is 1. The summed E-state index contributed by atoms with van der Waals surface area (Å²) in [5.74, 6) is -1.21. The Labute approximate surface area is 128 Å². The SMILES string of the molecule is Cc1ccc(Nc2ccc(C(=O)O)cc2[N+](=O)[O-])c(Br)c1. The van der Waals surface area contributed by atoms with Crippen molar-refractivity contribution < 1.29 is 14.8 Å². The number of hydrogen-bond donors (Lipinski definition) is 2. The Hall–Kier alpha value is -2.41. The number of nitro benzene ring substituents is 1. The van der Waals surface area contributed by atoms with E-state index in [4.69, 9.17) is 5.11 Å². The van der Waals surface area contributed by atoms with Crippen LogP contribution in [0.2, 0.25) is 0 Å². The van der Waals surface area contributed by atoms with Gasteiger partial charge in [0, 0.05) is 10.5 Å². The van der Waals surface area contributed by atoms with Gasteiger partial charge in [0.05, 0.1) is 16.2 Å². The highest BCUT2D eigenvalue weighted by atomic mass is 79.9. The lowest BCUT2D eigenvalue weighted by atomic mass is 10.1. The van der Waals surface area contributed by atoms with E-state index >= 15 is 0 Å². The highest BCUT2D eigenvalue weighted by Gasteiger charge is 2.18. The zero-order valence-electron chi connectivity index (χ0n) is 11.0. The summed E-state index contributed by atoms with van der Waals surface area (Å²) in [5.41, 5.74) is 1.52. The summed E-state index contributed by atoms with van der Waals surface area (Å²) in [6.45, 7) is 1.93. The molecule has 0 aromatic heterocycles. The fourth-order valence-electron chi connectivity index (χ4n) is 1.79. The number of carboxylic acids is 1. The number of halogens is 1. The first kappa shape index (κ1) is 15.0. The summed E-state index contributed by atoms with van der Waals surface area (Å²) < 4.78 is 0.763. The molecule has 21 heavy (non-hydrogen) atoms. The summed E-state index contributed by atoms with van der Waals surface area (Å²) in [5, 5.41) is 22.9. The van der Waals surface area contributed by atoms with Gasteiger partial charge < -0.3 is 10.4 Å². The van der Waals surface area contributed by atoms with Gasteiger partial charge in [-0.25, -0.2) is 4.79 Å². The molecule has 0 saturated carbocycles. The Morgan fingerprint density at radius 3 is 2.48 bits per heavy atom. The van der Waals surface area contributed by atoms with Gasteiger partial charge in [0.15, 0.2) is 0 Å². The zero-order chi connectivity index (χ0) is 15.6. The largest absolute Gasteiger partial charge is 0.478 e. The van der Waals surface area contributed by atoms with Crippen LogP contribution in [0.5, 0.6) is 0 Å². The summed E-state index contributed by atoms with van der Waals surface area (Å²) in [4.78, 5) is 21.4. The average molecular weight is 351 g/mol. The molecule has 0 amide bonds. The molecule has 0 radical (unpaired) electrons. The molecule has 2 rings (SSSR count). The van der Waals surface area contributed by atoms with Crippen molar-refractivity contribution in [1.82, 2.24) is 0 Å². The molecular formula is C14H11BrN2O4. The third kappa shape index (κ3) is 3.38. The second kappa shape index (κ2) is 5.92. The molecule has 0 aliphatic heterocycles. The van der Waals surface area contributed by atoms with Crippen LogP contribution in [0.4, 0.5) is 17.1 Å². The van der Waals surface area contributed by atoms with E-state index in [2.05, 4.69) is 21.2 Å². The van der Waals surface area contributed by atoms with Crippen LogP contribution in [0.15, 0.2) is 40.9 Å². The number of hydrogen-bond acceptors (Lipinski definition) is 4. The van der Waals surface area contributed by atoms with Crippen molar-refractivity contribution in [2.24, 2.45) is 0 Å². The van der Waals surface area contributed by atoms with E-state index in [1.807, 2.05) is 19.1 Å². The molecule has 0 unspecified atom stereocenters. The third-order valence-corrected chi connectivity index (χ3v) is 3.49. The normalized spacial score (nSPS) is 10.2. The maximum absolute atomic E-state index is 11.1. The van der Waals surface area contributed by atoms with E-state index in [-0.39, 0.29) is 16.9 Å². The van der Waals surface area contributed by atoms with Crippen molar-refractivity contribution in [3.05, 3.63) is 62.1 Å². The molecular weight excluding hydrogens is 340 g/mol. The second-order valence-electron chi connectivity index (χ2n) is 4.40. The number of nitrogens with one attached hydrogen (secondary N) is 1. The molecule has 0 spiro atoms. The van der Waals surface area contributed by atoms with Gasteiger partial charge in [0.25, 0.3) is 5.69 Å². The Balaban J connectivity index is 2.44. The lowest BCUT2D eigenvalue weighted by molar-refractivity contribution is -0.383. The lowest BCUT2D eigenvalue weighted by Crippen LogP contribution is -2.02. The van der Waals surface area contributed by atoms with Crippen LogP contribution in [-0.4, -0.2) is 16.0 Å². The number of carboxylic acid groups (broad SMARTS) is 1. The van der Waals surface area contributed by atoms with Crippen molar-refractivity contribution >= 4 is 39.0 Å². The quantitative estimate of drug-likeness (QED) is 0.639. The minimum Gasteiger partial charge on any atom is -0.478 e. The molecule has 0 fully saturated rings. The Morgan fingerprint density at radius 1 is 1.24 bits per heavy atom. The first-order chi connectivity index (χ1) is 9.88. The zero-order valence-corrected chi connectivity index (χ0v) is 12.5. The average Bonchev–Trinajstić information content (AvgIpc) is 2.41. The molecule has 2 N–H and O–H groups in total. The van der Waals surface area contributed by atoms with Gasteiger partial charge >= 0.3 is 5.97 Å². The fraction of sp³-hybridized carbons (Fsp3) is 0.0714. The number of benzene rings is 2. The van der Waals surface area contributed by atoms with E-state index < -0.39 is 10.9 Å². The van der Waals surface area contributed by atoms with Gasteiger partial charge in [-0.2, -0.15) is 0 Å². The summed E-state index contributed by atoms with van der Waals surface area (Å²) >= 11 is 3.38. The smallest absolute Gasteiger partial charge is 0.335 e. The van der Waals surface area contributed by atoms with Crippen molar-refractivity contribution in [3.63, 3.8) is 0 Å². The second-order valence-corrected chi connectivity index (χ2v) is 5.26. The molecule has 0 saturated heterocycles. The van der Waals surface area contributed by atoms with Crippen molar-refractivity contribution in [3.8, 4) is 0 Å². The van der Waals surface area contributed by atoms with E-state index in [1.165, 1.54) is 12.1 Å². The number of rotatable bonds is 4. The summed E-state index contributed by atoms with van der Waals surface area (Å²) in [6, 6.07) is 9.26. The topological polar surface area (TPSA) is 92.5 Å². The van der Waals surface area contributed by atoms with Crippen molar-refractivity contribution in [1.29, 1.82) is 0 Å². The predicted octanol–water partition coefficient (Wildman–Crippen LogP) is 4.11. The number of nitrogens with zero attached hydrogens (tertiary/aromatic N) is 1. The Bertz CT molecular complexity index is 731. The molecule has 2 aromatic rings. The highest BCUT2D eigenvalue weighted by Crippen LogP contribution is 2.32. The van der Waals surface area contributed by atoms with Gasteiger partial charge in [-0.05, 0) is 52.7 Å². The third-order valence-electron chi connectivity index (χ3n) is 2.84. The van der Waals surface area contributed by atoms with E-state index in [1.54, 1.807) is 6.07 Å². The molecule has 0 atom stereocenters. The molecule has 0 heterocycles. The number of nitro groups is 1. The standard InChI is InChI=1S/C14H11BrN2O4/c1-8-2-4-11(10(15)6-8)16-12-5-3-9(14(18)19)7-13(12)17(20)21/h2-7,16H,1H3,(H,18,19). The Morgan fingerprint density at radius 2 is 1.90 bits per heavy atom. The molecule has 7 heteroatoms. The number of aryl methyl sites for hydroxylation is 1. The van der Waals surface area contributed by atoms with Crippen molar-refractivity contribution in [2.75, 3.05) is 5.32 Å². The lowest BCUT2D eigenvalue weighted by Gasteiger charge is -2.10. The minimum absolute atomic E-state index is 0.129. The first-order valence-electron chi connectivity index (χ1n) is 5.93. The summed E-state index contributed by atoms with van der Waals surface area (Å²) in [6.07, 6.45) is 0.